The molecule has 0 atom stereocenters. The molecule has 2 heterocycles. The van der Waals surface area contributed by atoms with Gasteiger partial charge in [-0.15, -0.1) is 0 Å². The molecule has 4 nitrogen and oxygen atoms in total. The summed E-state index contributed by atoms with van der Waals surface area (Å²) < 4.78 is 5.56. The number of carboxylic acids is 1. The minimum absolute atomic E-state index is 0.233. The summed E-state index contributed by atoms with van der Waals surface area (Å²) in [5.41, 5.74) is 1.79. The van der Waals surface area contributed by atoms with Gasteiger partial charge in [0.05, 0.1) is 11.1 Å². The molecule has 1 aliphatic heterocycles. The van der Waals surface area contributed by atoms with Crippen LogP contribution in [0.1, 0.15) is 15.9 Å². The van der Waals surface area contributed by atoms with Crippen LogP contribution in [0.2, 0.25) is 0 Å². The van der Waals surface area contributed by atoms with E-state index in [9.17, 15) is 4.79 Å². The molecule has 0 bridgehead atoms. The highest BCUT2D eigenvalue weighted by Crippen LogP contribution is 2.31. The Kier molecular flexibility index (Phi) is 2.08. The van der Waals surface area contributed by atoms with Crippen LogP contribution in [0.15, 0.2) is 30.5 Å². The van der Waals surface area contributed by atoms with Gasteiger partial charge in [0.15, 0.2) is 0 Å². The van der Waals surface area contributed by atoms with Crippen molar-refractivity contribution in [2.24, 2.45) is 0 Å². The Balaban J connectivity index is 2.28. The van der Waals surface area contributed by atoms with Gasteiger partial charge >= 0.3 is 5.97 Å². The molecule has 84 valence electrons. The molecule has 0 unspecified atom stereocenters. The maximum Gasteiger partial charge on any atom is 0.335 e. The van der Waals surface area contributed by atoms with E-state index in [0.29, 0.717) is 12.1 Å². The van der Waals surface area contributed by atoms with Crippen LogP contribution in [0.4, 0.5) is 0 Å². The van der Waals surface area contributed by atoms with Gasteiger partial charge in [-0.1, -0.05) is 6.08 Å². The number of hydrogen-bond acceptors (Lipinski definition) is 3. The van der Waals surface area contributed by atoms with Gasteiger partial charge in [0.1, 0.15) is 12.4 Å². The van der Waals surface area contributed by atoms with Gasteiger partial charge in [0.2, 0.25) is 0 Å². The van der Waals surface area contributed by atoms with Crippen molar-refractivity contribution in [3.8, 4) is 5.75 Å². The highest BCUT2D eigenvalue weighted by Gasteiger charge is 2.12. The smallest absolute Gasteiger partial charge is 0.335 e. The number of hydrogen-bond donors (Lipinski definition) is 1. The largest absolute Gasteiger partial charge is 0.488 e. The first kappa shape index (κ1) is 9.84. The molecule has 0 aliphatic carbocycles. The Bertz CT molecular complexity index is 646. The molecule has 1 aromatic carbocycles. The average molecular weight is 227 g/mol. The number of pyridine rings is 1. The minimum Gasteiger partial charge on any atom is -0.488 e. The molecule has 0 saturated carbocycles. The van der Waals surface area contributed by atoms with E-state index in [1.54, 1.807) is 24.4 Å². The van der Waals surface area contributed by atoms with Crippen molar-refractivity contribution >= 4 is 22.9 Å². The molecule has 4 heteroatoms. The Hall–Kier alpha value is -2.36. The zero-order valence-corrected chi connectivity index (χ0v) is 8.88. The van der Waals surface area contributed by atoms with Crippen LogP contribution in [0.25, 0.3) is 17.0 Å². The first-order valence-electron chi connectivity index (χ1n) is 5.21. The molecular weight excluding hydrogens is 218 g/mol. The lowest BCUT2D eigenvalue weighted by atomic mass is 10.1. The molecule has 1 N–H and O–H groups in total. The van der Waals surface area contributed by atoms with Crippen LogP contribution < -0.4 is 4.74 Å². The van der Waals surface area contributed by atoms with Gasteiger partial charge in [-0.25, -0.2) is 4.79 Å². The van der Waals surface area contributed by atoms with Crippen molar-refractivity contribution in [1.82, 2.24) is 4.98 Å². The second-order valence-corrected chi connectivity index (χ2v) is 3.79. The molecule has 0 radical (unpaired) electrons. The predicted octanol–water partition coefficient (Wildman–Crippen LogP) is 2.34. The Labute approximate surface area is 97.2 Å². The van der Waals surface area contributed by atoms with Crippen molar-refractivity contribution in [3.63, 3.8) is 0 Å². The van der Waals surface area contributed by atoms with E-state index >= 15 is 0 Å². The third kappa shape index (κ3) is 1.54. The van der Waals surface area contributed by atoms with Gasteiger partial charge < -0.3 is 9.84 Å². The second kappa shape index (κ2) is 3.59. The maximum atomic E-state index is 10.9. The van der Waals surface area contributed by atoms with Crippen LogP contribution in [0.5, 0.6) is 5.75 Å². The minimum atomic E-state index is -0.952. The molecule has 0 saturated heterocycles. The van der Waals surface area contributed by atoms with Crippen LogP contribution in [-0.4, -0.2) is 22.7 Å². The van der Waals surface area contributed by atoms with Crippen LogP contribution in [0, 0.1) is 0 Å². The molecule has 17 heavy (non-hydrogen) atoms. The number of aromatic nitrogens is 1. The zero-order chi connectivity index (χ0) is 11.8. The Morgan fingerprint density at radius 2 is 2.29 bits per heavy atom. The molecule has 0 fully saturated rings. The number of carbonyl (C=O) groups is 1. The van der Waals surface area contributed by atoms with Crippen molar-refractivity contribution in [2.45, 2.75) is 0 Å². The van der Waals surface area contributed by atoms with Crippen molar-refractivity contribution in [2.75, 3.05) is 6.61 Å². The topological polar surface area (TPSA) is 59.4 Å². The molecule has 2 aromatic rings. The SMILES string of the molecule is O=C(O)c1ccc2c3c(cnc2c1)C=CCO3. The zero-order valence-electron chi connectivity index (χ0n) is 8.88. The van der Waals surface area contributed by atoms with Gasteiger partial charge in [0.25, 0.3) is 0 Å². The highest BCUT2D eigenvalue weighted by atomic mass is 16.5. The number of aromatic carboxylic acids is 1. The van der Waals surface area contributed by atoms with E-state index < -0.39 is 5.97 Å². The fourth-order valence-electron chi connectivity index (χ4n) is 1.90. The highest BCUT2D eigenvalue weighted by molar-refractivity contribution is 5.96. The lowest BCUT2D eigenvalue weighted by Crippen LogP contribution is -2.02. The summed E-state index contributed by atoms with van der Waals surface area (Å²) in [6.07, 6.45) is 5.57. The van der Waals surface area contributed by atoms with E-state index in [1.807, 2.05) is 12.2 Å². The first-order valence-corrected chi connectivity index (χ1v) is 5.21. The van der Waals surface area contributed by atoms with E-state index in [1.165, 1.54) is 0 Å². The number of fused-ring (bicyclic) bond motifs is 3. The van der Waals surface area contributed by atoms with Crippen molar-refractivity contribution in [1.29, 1.82) is 0 Å². The number of carboxylic acid groups (broad SMARTS) is 1. The maximum absolute atomic E-state index is 10.9. The van der Waals surface area contributed by atoms with Crippen molar-refractivity contribution in [3.05, 3.63) is 41.6 Å². The lowest BCUT2D eigenvalue weighted by Gasteiger charge is -2.14. The van der Waals surface area contributed by atoms with Gasteiger partial charge in [-0.3, -0.25) is 4.98 Å². The fraction of sp³-hybridized carbons (Fsp3) is 0.0769. The molecule has 0 spiro atoms. The quantitative estimate of drug-likeness (QED) is 0.812. The number of benzene rings is 1. The van der Waals surface area contributed by atoms with E-state index in [2.05, 4.69) is 4.98 Å². The lowest BCUT2D eigenvalue weighted by molar-refractivity contribution is 0.0697. The second-order valence-electron chi connectivity index (χ2n) is 3.79. The third-order valence-electron chi connectivity index (χ3n) is 2.72. The summed E-state index contributed by atoms with van der Waals surface area (Å²) in [6.45, 7) is 0.535. The summed E-state index contributed by atoms with van der Waals surface area (Å²) in [7, 11) is 0. The standard InChI is InChI=1S/C13H9NO3/c15-13(16)8-3-4-10-11(6-8)14-7-9-2-1-5-17-12(9)10/h1-4,6-7H,5H2,(H,15,16). The van der Waals surface area contributed by atoms with Crippen LogP contribution in [-0.2, 0) is 0 Å². The first-order chi connectivity index (χ1) is 8.25. The van der Waals surface area contributed by atoms with Crippen LogP contribution in [0.3, 0.4) is 0 Å². The van der Waals surface area contributed by atoms with Gasteiger partial charge in [-0.2, -0.15) is 0 Å². The van der Waals surface area contributed by atoms with Gasteiger partial charge in [0, 0.05) is 17.1 Å². The van der Waals surface area contributed by atoms with E-state index in [-0.39, 0.29) is 5.56 Å². The summed E-state index contributed by atoms with van der Waals surface area (Å²) in [6, 6.07) is 4.86. The molecule has 1 aromatic heterocycles. The Morgan fingerprint density at radius 3 is 3.12 bits per heavy atom. The fourth-order valence-corrected chi connectivity index (χ4v) is 1.90. The summed E-state index contributed by atoms with van der Waals surface area (Å²) >= 11 is 0. The molecule has 0 amide bonds. The van der Waals surface area contributed by atoms with E-state index in [0.717, 1.165) is 16.7 Å². The predicted molar refractivity (Wildman–Crippen MR) is 63.2 cm³/mol. The van der Waals surface area contributed by atoms with Crippen molar-refractivity contribution < 1.29 is 14.6 Å². The normalized spacial score (nSPS) is 13.2. The summed E-state index contributed by atoms with van der Waals surface area (Å²) in [5, 5.41) is 9.76. The average Bonchev–Trinajstić information content (AvgIpc) is 2.38. The monoisotopic (exact) mass is 227 g/mol. The third-order valence-corrected chi connectivity index (χ3v) is 2.72. The Morgan fingerprint density at radius 1 is 1.41 bits per heavy atom. The van der Waals surface area contributed by atoms with E-state index in [4.69, 9.17) is 9.84 Å². The summed E-state index contributed by atoms with van der Waals surface area (Å²) in [4.78, 5) is 15.1. The molecular formula is C13H9NO3. The summed E-state index contributed by atoms with van der Waals surface area (Å²) in [5.74, 6) is -0.179. The molecule has 3 rings (SSSR count). The number of rotatable bonds is 1. The number of nitrogens with zero attached hydrogens (tertiary/aromatic N) is 1. The van der Waals surface area contributed by atoms with Gasteiger partial charge in [-0.05, 0) is 24.3 Å². The molecule has 1 aliphatic rings. The number of ether oxygens (including phenoxy) is 1. The van der Waals surface area contributed by atoms with Crippen LogP contribution >= 0.6 is 0 Å².